The predicted octanol–water partition coefficient (Wildman–Crippen LogP) is 1.81. The van der Waals surface area contributed by atoms with Crippen LogP contribution in [-0.2, 0) is 23.9 Å². The van der Waals surface area contributed by atoms with Crippen LogP contribution in [0.4, 0.5) is 13.2 Å². The van der Waals surface area contributed by atoms with E-state index in [1.807, 2.05) is 0 Å². The van der Waals surface area contributed by atoms with Crippen LogP contribution in [0.15, 0.2) is 0 Å². The molecule has 0 saturated carbocycles. The molecule has 0 aromatic heterocycles. The molecule has 2 aliphatic rings. The van der Waals surface area contributed by atoms with E-state index in [9.17, 15) is 27.6 Å². The molecule has 2 atom stereocenters. The summed E-state index contributed by atoms with van der Waals surface area (Å²) >= 11 is 0. The minimum atomic E-state index is -5.06. The van der Waals surface area contributed by atoms with Crippen LogP contribution >= 0.6 is 0 Å². The van der Waals surface area contributed by atoms with Gasteiger partial charge in [-0.15, -0.1) is 0 Å². The Balaban J connectivity index is 2.21. The Kier molecular flexibility index (Phi) is 4.58. The number of alkyl halides is 3. The highest BCUT2D eigenvalue weighted by atomic mass is 19.4. The molecule has 0 bridgehead atoms. The molecule has 2 heterocycles. The third kappa shape index (κ3) is 3.08. The number of hydrogen-bond acceptors (Lipinski definition) is 5. The average Bonchev–Trinajstić information content (AvgIpc) is 2.69. The molecule has 1 amide bonds. The van der Waals surface area contributed by atoms with Gasteiger partial charge in [-0.3, -0.25) is 4.79 Å². The number of esters is 2. The number of cyclic esters (lactones) is 1. The van der Waals surface area contributed by atoms with Crippen LogP contribution in [0, 0.1) is 5.41 Å². The van der Waals surface area contributed by atoms with Gasteiger partial charge in [0, 0.05) is 12.0 Å². The monoisotopic (exact) mass is 351 g/mol. The van der Waals surface area contributed by atoms with E-state index in [2.05, 4.69) is 0 Å². The van der Waals surface area contributed by atoms with Crippen molar-refractivity contribution >= 4 is 17.8 Å². The van der Waals surface area contributed by atoms with E-state index in [-0.39, 0.29) is 19.6 Å². The molecular formula is C15H20F3NO5. The standard InChI is InChI=1S/C15H20F3NO5/c1-13(2)8-23-12(22)14(13,3)24-10(20)9-6-4-5-7-19(9)11(21)15(16,17)18/h9H,4-8H2,1-3H3/t9-,14+/m0/s1. The molecule has 6 nitrogen and oxygen atoms in total. The van der Waals surface area contributed by atoms with Crippen molar-refractivity contribution in [2.24, 2.45) is 5.41 Å². The van der Waals surface area contributed by atoms with Gasteiger partial charge in [-0.1, -0.05) is 13.8 Å². The lowest BCUT2D eigenvalue weighted by molar-refractivity contribution is -0.197. The Hall–Kier alpha value is -1.80. The molecule has 0 spiro atoms. The Morgan fingerprint density at radius 3 is 2.38 bits per heavy atom. The molecular weight excluding hydrogens is 331 g/mol. The van der Waals surface area contributed by atoms with Gasteiger partial charge in [-0.25, -0.2) is 9.59 Å². The fourth-order valence-corrected chi connectivity index (χ4v) is 2.83. The van der Waals surface area contributed by atoms with Crippen molar-refractivity contribution in [3.05, 3.63) is 0 Å². The molecule has 0 aliphatic carbocycles. The maximum Gasteiger partial charge on any atom is 0.471 e. The van der Waals surface area contributed by atoms with Crippen LogP contribution in [0.5, 0.6) is 0 Å². The molecule has 0 aromatic carbocycles. The summed E-state index contributed by atoms with van der Waals surface area (Å²) in [7, 11) is 0. The van der Waals surface area contributed by atoms with Crippen LogP contribution in [-0.4, -0.2) is 53.7 Å². The number of hydrogen-bond donors (Lipinski definition) is 0. The van der Waals surface area contributed by atoms with Gasteiger partial charge in [0.05, 0.1) is 0 Å². The first-order valence-corrected chi connectivity index (χ1v) is 7.68. The van der Waals surface area contributed by atoms with Crippen molar-refractivity contribution < 1.29 is 37.0 Å². The number of likely N-dealkylation sites (tertiary alicyclic amines) is 1. The Labute approximate surface area is 137 Å². The summed E-state index contributed by atoms with van der Waals surface area (Å²) in [6.45, 7) is 4.54. The van der Waals surface area contributed by atoms with E-state index in [0.29, 0.717) is 17.7 Å². The fourth-order valence-electron chi connectivity index (χ4n) is 2.83. The second-order valence-electron chi connectivity index (χ2n) is 6.92. The van der Waals surface area contributed by atoms with Crippen LogP contribution in [0.1, 0.15) is 40.0 Å². The molecule has 0 radical (unpaired) electrons. The zero-order valence-electron chi connectivity index (χ0n) is 13.7. The van der Waals surface area contributed by atoms with Crippen molar-refractivity contribution in [2.75, 3.05) is 13.2 Å². The van der Waals surface area contributed by atoms with Crippen molar-refractivity contribution in [3.63, 3.8) is 0 Å². The maximum absolute atomic E-state index is 12.7. The summed E-state index contributed by atoms with van der Waals surface area (Å²) in [5.41, 5.74) is -2.43. The zero-order valence-corrected chi connectivity index (χ0v) is 13.7. The Morgan fingerprint density at radius 2 is 1.88 bits per heavy atom. The van der Waals surface area contributed by atoms with E-state index >= 15 is 0 Å². The second-order valence-corrected chi connectivity index (χ2v) is 6.92. The molecule has 2 fully saturated rings. The number of ether oxygens (including phenoxy) is 2. The molecule has 136 valence electrons. The van der Waals surface area contributed by atoms with Gasteiger partial charge >= 0.3 is 24.0 Å². The largest absolute Gasteiger partial charge is 0.471 e. The molecule has 0 unspecified atom stereocenters. The quantitative estimate of drug-likeness (QED) is 0.710. The fraction of sp³-hybridized carbons (Fsp3) is 0.800. The van der Waals surface area contributed by atoms with Gasteiger partial charge in [-0.2, -0.15) is 13.2 Å². The van der Waals surface area contributed by atoms with Gasteiger partial charge in [0.15, 0.2) is 0 Å². The van der Waals surface area contributed by atoms with Crippen LogP contribution in [0.2, 0.25) is 0 Å². The van der Waals surface area contributed by atoms with Gasteiger partial charge in [0.1, 0.15) is 12.6 Å². The lowest BCUT2D eigenvalue weighted by Gasteiger charge is -2.38. The molecule has 24 heavy (non-hydrogen) atoms. The van der Waals surface area contributed by atoms with E-state index in [0.717, 1.165) is 0 Å². The first-order valence-electron chi connectivity index (χ1n) is 7.68. The molecule has 0 N–H and O–H groups in total. The Bertz CT molecular complexity index is 560. The minimum Gasteiger partial charge on any atom is -0.462 e. The van der Waals surface area contributed by atoms with Crippen molar-refractivity contribution in [3.8, 4) is 0 Å². The summed E-state index contributed by atoms with van der Waals surface area (Å²) < 4.78 is 48.4. The van der Waals surface area contributed by atoms with E-state index in [1.54, 1.807) is 13.8 Å². The topological polar surface area (TPSA) is 72.9 Å². The number of carbonyl (C=O) groups excluding carboxylic acids is 3. The van der Waals surface area contributed by atoms with Gasteiger partial charge < -0.3 is 14.4 Å². The van der Waals surface area contributed by atoms with E-state index in [1.165, 1.54) is 6.92 Å². The summed E-state index contributed by atoms with van der Waals surface area (Å²) in [4.78, 5) is 36.4. The zero-order chi connectivity index (χ0) is 18.3. The van der Waals surface area contributed by atoms with Gasteiger partial charge in [0.2, 0.25) is 5.60 Å². The number of rotatable bonds is 2. The Morgan fingerprint density at radius 1 is 1.25 bits per heavy atom. The lowest BCUT2D eigenvalue weighted by Crippen LogP contribution is -2.56. The number of piperidine rings is 1. The number of halogens is 3. The van der Waals surface area contributed by atoms with Crippen LogP contribution in [0.25, 0.3) is 0 Å². The number of nitrogens with zero attached hydrogens (tertiary/aromatic N) is 1. The summed E-state index contributed by atoms with van der Waals surface area (Å²) in [6, 6.07) is -1.35. The summed E-state index contributed by atoms with van der Waals surface area (Å²) in [5, 5.41) is 0. The third-order valence-electron chi connectivity index (χ3n) is 4.83. The van der Waals surface area contributed by atoms with Crippen LogP contribution < -0.4 is 0 Å². The van der Waals surface area contributed by atoms with E-state index in [4.69, 9.17) is 9.47 Å². The summed E-state index contributed by atoms with van der Waals surface area (Å²) in [6.07, 6.45) is -4.14. The highest BCUT2D eigenvalue weighted by Crippen LogP contribution is 2.41. The maximum atomic E-state index is 12.7. The lowest BCUT2D eigenvalue weighted by atomic mass is 9.78. The average molecular weight is 351 g/mol. The molecule has 2 saturated heterocycles. The van der Waals surface area contributed by atoms with E-state index < -0.39 is 41.1 Å². The normalized spacial score (nSPS) is 30.0. The predicted molar refractivity (Wildman–Crippen MR) is 74.6 cm³/mol. The summed E-state index contributed by atoms with van der Waals surface area (Å²) in [5.74, 6) is -3.82. The molecule has 0 aromatic rings. The highest BCUT2D eigenvalue weighted by Gasteiger charge is 2.59. The molecule has 2 rings (SSSR count). The first-order chi connectivity index (χ1) is 10.9. The van der Waals surface area contributed by atoms with Crippen molar-refractivity contribution in [1.82, 2.24) is 4.90 Å². The van der Waals surface area contributed by atoms with Crippen molar-refractivity contribution in [2.45, 2.75) is 57.9 Å². The van der Waals surface area contributed by atoms with Crippen molar-refractivity contribution in [1.29, 1.82) is 0 Å². The number of carbonyl (C=O) groups is 3. The second kappa shape index (κ2) is 5.93. The molecule has 9 heteroatoms. The third-order valence-corrected chi connectivity index (χ3v) is 4.83. The number of amides is 1. The smallest absolute Gasteiger partial charge is 0.462 e. The van der Waals surface area contributed by atoms with Gasteiger partial charge in [-0.05, 0) is 26.2 Å². The highest BCUT2D eigenvalue weighted by molar-refractivity contribution is 5.90. The van der Waals surface area contributed by atoms with Gasteiger partial charge in [0.25, 0.3) is 0 Å². The minimum absolute atomic E-state index is 0.0332. The SMILES string of the molecule is CC1(C)COC(=O)[C@@]1(C)OC(=O)[C@@H]1CCCCN1C(=O)C(F)(F)F. The molecule has 2 aliphatic heterocycles. The van der Waals surface area contributed by atoms with Crippen LogP contribution in [0.3, 0.4) is 0 Å². The first kappa shape index (κ1) is 18.5.